The molecule has 0 amide bonds. The zero-order valence-electron chi connectivity index (χ0n) is 8.43. The van der Waals surface area contributed by atoms with Gasteiger partial charge in [0, 0.05) is 10.6 Å². The summed E-state index contributed by atoms with van der Waals surface area (Å²) < 4.78 is 36.8. The summed E-state index contributed by atoms with van der Waals surface area (Å²) in [5.74, 6) is 0. The Hall–Kier alpha value is -0.840. The lowest BCUT2D eigenvalue weighted by Gasteiger charge is -2.11. The second kappa shape index (κ2) is 4.79. The van der Waals surface area contributed by atoms with Crippen molar-refractivity contribution in [1.29, 1.82) is 0 Å². The lowest BCUT2D eigenvalue weighted by Crippen LogP contribution is -2.07. The maximum Gasteiger partial charge on any atom is 0.278 e. The van der Waals surface area contributed by atoms with Crippen molar-refractivity contribution in [3.05, 3.63) is 23.3 Å². The van der Waals surface area contributed by atoms with Crippen molar-refractivity contribution < 1.29 is 13.2 Å². The van der Waals surface area contributed by atoms with E-state index in [4.69, 9.17) is 5.73 Å². The molecule has 0 bridgehead atoms. The van der Waals surface area contributed by atoms with Crippen LogP contribution in [0.3, 0.4) is 0 Å². The molecule has 0 radical (unpaired) electrons. The SMILES string of the molecule is Cc1cc(C)c(SC(F)C(F)F)cc1N. The van der Waals surface area contributed by atoms with Crippen LogP contribution in [0.2, 0.25) is 0 Å². The third-order valence-electron chi connectivity index (χ3n) is 2.00. The minimum atomic E-state index is -2.98. The molecule has 1 atom stereocenters. The molecule has 1 nitrogen and oxygen atoms in total. The molecule has 0 saturated carbocycles. The van der Waals surface area contributed by atoms with E-state index in [1.165, 1.54) is 6.07 Å². The van der Waals surface area contributed by atoms with Crippen LogP contribution in [0, 0.1) is 13.8 Å². The first kappa shape index (κ1) is 12.2. The second-order valence-electron chi connectivity index (χ2n) is 3.28. The van der Waals surface area contributed by atoms with Crippen molar-refractivity contribution >= 4 is 17.4 Å². The van der Waals surface area contributed by atoms with Crippen molar-refractivity contribution in [1.82, 2.24) is 0 Å². The van der Waals surface area contributed by atoms with Crippen LogP contribution >= 0.6 is 11.8 Å². The van der Waals surface area contributed by atoms with Gasteiger partial charge in [-0.25, -0.2) is 13.2 Å². The summed E-state index contributed by atoms with van der Waals surface area (Å²) in [6, 6.07) is 3.29. The summed E-state index contributed by atoms with van der Waals surface area (Å²) in [5.41, 5.74) is 5.53. The van der Waals surface area contributed by atoms with Gasteiger partial charge in [-0.2, -0.15) is 0 Å². The average Bonchev–Trinajstić information content (AvgIpc) is 2.13. The van der Waals surface area contributed by atoms with Crippen molar-refractivity contribution in [2.45, 2.75) is 30.7 Å². The number of rotatable bonds is 3. The maximum absolute atomic E-state index is 12.8. The number of aryl methyl sites for hydroxylation is 2. The van der Waals surface area contributed by atoms with Gasteiger partial charge < -0.3 is 5.73 Å². The summed E-state index contributed by atoms with van der Waals surface area (Å²) in [7, 11) is 0. The molecule has 1 rings (SSSR count). The minimum absolute atomic E-state index is 0.464. The number of hydrogen-bond acceptors (Lipinski definition) is 2. The Morgan fingerprint density at radius 1 is 1.13 bits per heavy atom. The topological polar surface area (TPSA) is 26.0 Å². The van der Waals surface area contributed by atoms with Crippen molar-refractivity contribution in [2.24, 2.45) is 0 Å². The fraction of sp³-hybridized carbons (Fsp3) is 0.400. The number of thioether (sulfide) groups is 1. The smallest absolute Gasteiger partial charge is 0.278 e. The molecular weight excluding hydrogens is 223 g/mol. The summed E-state index contributed by atoms with van der Waals surface area (Å²) in [6.07, 6.45) is -2.98. The first-order chi connectivity index (χ1) is 6.91. The number of halogens is 3. The number of hydrogen-bond donors (Lipinski definition) is 1. The van der Waals surface area contributed by atoms with Gasteiger partial charge >= 0.3 is 0 Å². The van der Waals surface area contributed by atoms with Crippen LogP contribution < -0.4 is 5.73 Å². The third kappa shape index (κ3) is 3.06. The molecule has 15 heavy (non-hydrogen) atoms. The molecule has 1 aromatic rings. The van der Waals surface area contributed by atoms with Crippen LogP contribution in [0.5, 0.6) is 0 Å². The summed E-state index contributed by atoms with van der Waals surface area (Å²) in [4.78, 5) is 0.464. The van der Waals surface area contributed by atoms with E-state index in [0.717, 1.165) is 11.1 Å². The largest absolute Gasteiger partial charge is 0.398 e. The average molecular weight is 235 g/mol. The number of alkyl halides is 3. The van der Waals surface area contributed by atoms with Gasteiger partial charge in [-0.15, -0.1) is 0 Å². The van der Waals surface area contributed by atoms with E-state index < -0.39 is 11.9 Å². The number of nitrogens with two attached hydrogens (primary N) is 1. The highest BCUT2D eigenvalue weighted by molar-refractivity contribution is 7.99. The molecule has 2 N–H and O–H groups in total. The highest BCUT2D eigenvalue weighted by Gasteiger charge is 2.21. The number of nitrogen functional groups attached to an aromatic ring is 1. The van der Waals surface area contributed by atoms with Gasteiger partial charge in [0.25, 0.3) is 6.43 Å². The monoisotopic (exact) mass is 235 g/mol. The Morgan fingerprint density at radius 2 is 1.73 bits per heavy atom. The van der Waals surface area contributed by atoms with E-state index in [9.17, 15) is 13.2 Å². The molecule has 0 aliphatic rings. The van der Waals surface area contributed by atoms with E-state index in [2.05, 4.69) is 0 Å². The lowest BCUT2D eigenvalue weighted by atomic mass is 10.1. The van der Waals surface area contributed by atoms with E-state index in [1.807, 2.05) is 6.92 Å². The molecule has 5 heteroatoms. The highest BCUT2D eigenvalue weighted by Crippen LogP contribution is 2.33. The van der Waals surface area contributed by atoms with Gasteiger partial charge in [0.05, 0.1) is 0 Å². The van der Waals surface area contributed by atoms with Crippen molar-refractivity contribution in [3.63, 3.8) is 0 Å². The Kier molecular flexibility index (Phi) is 3.90. The molecule has 0 saturated heterocycles. The Balaban J connectivity index is 2.91. The predicted molar refractivity (Wildman–Crippen MR) is 57.1 cm³/mol. The molecule has 1 aromatic carbocycles. The molecule has 1 unspecified atom stereocenters. The Morgan fingerprint density at radius 3 is 2.27 bits per heavy atom. The molecule has 0 spiro atoms. The van der Waals surface area contributed by atoms with Crippen LogP contribution in [-0.4, -0.2) is 11.9 Å². The second-order valence-corrected chi connectivity index (χ2v) is 4.40. The fourth-order valence-electron chi connectivity index (χ4n) is 1.15. The Bertz CT molecular complexity index is 355. The molecule has 0 heterocycles. The van der Waals surface area contributed by atoms with E-state index >= 15 is 0 Å². The van der Waals surface area contributed by atoms with Crippen LogP contribution in [-0.2, 0) is 0 Å². The zero-order chi connectivity index (χ0) is 11.6. The summed E-state index contributed by atoms with van der Waals surface area (Å²) in [5, 5.41) is 0. The standard InChI is InChI=1S/C10H12F3NS/c1-5-3-6(2)8(4-7(5)14)15-10(13)9(11)12/h3-4,9-10H,14H2,1-2H3. The first-order valence-corrected chi connectivity index (χ1v) is 5.25. The minimum Gasteiger partial charge on any atom is -0.398 e. The van der Waals surface area contributed by atoms with Crippen molar-refractivity contribution in [2.75, 3.05) is 5.73 Å². The molecule has 84 valence electrons. The maximum atomic E-state index is 12.8. The van der Waals surface area contributed by atoms with Crippen LogP contribution in [0.15, 0.2) is 17.0 Å². The van der Waals surface area contributed by atoms with Crippen LogP contribution in [0.1, 0.15) is 11.1 Å². The fourth-order valence-corrected chi connectivity index (χ4v) is 1.93. The zero-order valence-corrected chi connectivity index (χ0v) is 9.25. The summed E-state index contributed by atoms with van der Waals surface area (Å²) in [6.45, 7) is 3.56. The lowest BCUT2D eigenvalue weighted by molar-refractivity contribution is 0.0953. The predicted octanol–water partition coefficient (Wildman–Crippen LogP) is 3.54. The van der Waals surface area contributed by atoms with Gasteiger partial charge in [0.1, 0.15) is 0 Å². The third-order valence-corrected chi connectivity index (χ3v) is 3.13. The molecule has 0 aliphatic heterocycles. The first-order valence-electron chi connectivity index (χ1n) is 4.37. The number of benzene rings is 1. The van der Waals surface area contributed by atoms with Crippen LogP contribution in [0.25, 0.3) is 0 Å². The quantitative estimate of drug-likeness (QED) is 0.640. The molecule has 0 aliphatic carbocycles. The molecule has 0 fully saturated rings. The van der Waals surface area contributed by atoms with E-state index in [-0.39, 0.29) is 0 Å². The van der Waals surface area contributed by atoms with Gasteiger partial charge in [0.2, 0.25) is 5.50 Å². The molecular formula is C10H12F3NS. The van der Waals surface area contributed by atoms with Gasteiger partial charge in [0.15, 0.2) is 0 Å². The molecule has 0 aromatic heterocycles. The van der Waals surface area contributed by atoms with E-state index in [1.54, 1.807) is 13.0 Å². The Labute approximate surface area is 90.9 Å². The van der Waals surface area contributed by atoms with Gasteiger partial charge in [-0.3, -0.25) is 0 Å². The normalized spacial score (nSPS) is 13.2. The van der Waals surface area contributed by atoms with Gasteiger partial charge in [-0.05, 0) is 31.0 Å². The summed E-state index contributed by atoms with van der Waals surface area (Å²) >= 11 is 0.504. The van der Waals surface area contributed by atoms with Crippen molar-refractivity contribution in [3.8, 4) is 0 Å². The van der Waals surface area contributed by atoms with Crippen LogP contribution in [0.4, 0.5) is 18.9 Å². The highest BCUT2D eigenvalue weighted by atomic mass is 32.2. The van der Waals surface area contributed by atoms with E-state index in [0.29, 0.717) is 22.3 Å². The van der Waals surface area contributed by atoms with Gasteiger partial charge in [-0.1, -0.05) is 17.8 Å². The number of anilines is 1.